The third kappa shape index (κ3) is 6.98. The summed E-state index contributed by atoms with van der Waals surface area (Å²) in [4.78, 5) is 64.5. The summed E-state index contributed by atoms with van der Waals surface area (Å²) in [6, 6.07) is 2.90. The lowest BCUT2D eigenvalue weighted by molar-refractivity contribution is -0.142. The first-order chi connectivity index (χ1) is 23.9. The fraction of sp³-hybridized carbons (Fsp3) is 0.289. The van der Waals surface area contributed by atoms with Gasteiger partial charge in [0.25, 0.3) is 0 Å². The third-order valence-corrected chi connectivity index (χ3v) is 9.98. The number of halogens is 1. The van der Waals surface area contributed by atoms with E-state index in [9.17, 15) is 39.3 Å². The van der Waals surface area contributed by atoms with E-state index in [4.69, 9.17) is 18.9 Å². The Morgan fingerprint density at radius 1 is 0.745 bits per heavy atom. The van der Waals surface area contributed by atoms with Crippen molar-refractivity contribution >= 4 is 45.6 Å². The van der Waals surface area contributed by atoms with Crippen molar-refractivity contribution in [1.82, 2.24) is 0 Å². The smallest absolute Gasteiger partial charge is 0.347 e. The number of aromatic hydroxyl groups is 1. The molecular weight excluding hydrogens is 728 g/mol. The van der Waals surface area contributed by atoms with Crippen LogP contribution in [0.2, 0.25) is 0 Å². The molecule has 3 aromatic rings. The highest BCUT2D eigenvalue weighted by Gasteiger charge is 2.37. The molecule has 13 heteroatoms. The minimum absolute atomic E-state index is 0.133. The van der Waals surface area contributed by atoms with E-state index in [0.717, 1.165) is 12.2 Å². The molecule has 0 bridgehead atoms. The van der Waals surface area contributed by atoms with Crippen LogP contribution in [-0.2, 0) is 20.7 Å². The number of carboxylic acids is 1. The van der Waals surface area contributed by atoms with Gasteiger partial charge in [-0.2, -0.15) is 0 Å². The van der Waals surface area contributed by atoms with Gasteiger partial charge >= 0.3 is 23.9 Å². The molecule has 1 aliphatic rings. The first-order valence-electron chi connectivity index (χ1n) is 15.7. The van der Waals surface area contributed by atoms with Crippen molar-refractivity contribution in [3.05, 3.63) is 101 Å². The van der Waals surface area contributed by atoms with Crippen LogP contribution in [0, 0.1) is 54.4 Å². The molecule has 0 amide bonds. The number of ketones is 1. The number of hydrogen-bond donors (Lipinski definition) is 3. The molecule has 0 saturated heterocycles. The zero-order chi connectivity index (χ0) is 38.2. The number of aromatic carboxylic acids is 1. The number of carbonyl (C=O) groups excluding carboxylic acids is 4. The number of benzene rings is 3. The molecule has 0 spiro atoms. The number of carboxylic acid groups (broad SMARTS) is 1. The van der Waals surface area contributed by atoms with Gasteiger partial charge in [0.05, 0.1) is 18.2 Å². The molecule has 3 aromatic carbocycles. The number of hydrogen-bond acceptors (Lipinski definition) is 11. The van der Waals surface area contributed by atoms with Crippen molar-refractivity contribution in [3.8, 4) is 23.0 Å². The van der Waals surface area contributed by atoms with Gasteiger partial charge in [-0.25, -0.2) is 14.4 Å². The number of rotatable bonds is 9. The van der Waals surface area contributed by atoms with Crippen LogP contribution >= 0.6 is 15.9 Å². The predicted octanol–water partition coefficient (Wildman–Crippen LogP) is 7.09. The number of ether oxygens (including phenoxy) is 4. The van der Waals surface area contributed by atoms with E-state index in [-0.39, 0.29) is 61.1 Å². The lowest BCUT2D eigenvalue weighted by Gasteiger charge is -2.21. The summed E-state index contributed by atoms with van der Waals surface area (Å²) in [5, 5.41) is 30.5. The maximum absolute atomic E-state index is 13.6. The minimum Gasteiger partial charge on any atom is -0.508 e. The van der Waals surface area contributed by atoms with Gasteiger partial charge in [0.15, 0.2) is 17.5 Å². The predicted molar refractivity (Wildman–Crippen MR) is 188 cm³/mol. The second-order valence-corrected chi connectivity index (χ2v) is 12.8. The monoisotopic (exact) mass is 764 g/mol. The van der Waals surface area contributed by atoms with E-state index in [0.29, 0.717) is 39.8 Å². The van der Waals surface area contributed by atoms with Gasteiger partial charge in [-0.15, -0.1) is 0 Å². The minimum atomic E-state index is -1.50. The van der Waals surface area contributed by atoms with Crippen LogP contribution in [0.1, 0.15) is 82.5 Å². The molecule has 1 unspecified atom stereocenters. The van der Waals surface area contributed by atoms with Crippen molar-refractivity contribution in [2.75, 3.05) is 7.11 Å². The van der Waals surface area contributed by atoms with E-state index in [1.807, 2.05) is 6.92 Å². The fourth-order valence-corrected chi connectivity index (χ4v) is 6.61. The normalized spacial score (nSPS) is 14.0. The van der Waals surface area contributed by atoms with Gasteiger partial charge in [-0.1, -0.05) is 6.92 Å². The Bertz CT molecular complexity index is 2050. The van der Waals surface area contributed by atoms with E-state index in [1.54, 1.807) is 41.5 Å². The average molecular weight is 766 g/mol. The van der Waals surface area contributed by atoms with Crippen LogP contribution in [0.4, 0.5) is 0 Å². The third-order valence-electron chi connectivity index (χ3n) is 9.25. The highest BCUT2D eigenvalue weighted by Crippen LogP contribution is 2.43. The fourth-order valence-electron chi connectivity index (χ4n) is 6.04. The Morgan fingerprint density at radius 2 is 1.31 bits per heavy atom. The van der Waals surface area contributed by atoms with Gasteiger partial charge in [0, 0.05) is 12.2 Å². The molecule has 0 aromatic heterocycles. The number of phenolic OH excluding ortho intramolecular Hbond substituents is 1. The highest BCUT2D eigenvalue weighted by atomic mass is 79.9. The van der Waals surface area contributed by atoms with Gasteiger partial charge in [0.2, 0.25) is 0 Å². The van der Waals surface area contributed by atoms with Crippen molar-refractivity contribution in [1.29, 1.82) is 0 Å². The number of carbonyl (C=O) groups is 5. The standard InChI is InChI=1S/C38H37BrO12/c1-10-23-21(8)24(36(45)50-33-18(5)15(2)28(35(43)44)16(3)19(33)6)11-12-26(23)49-37(46)29-17(4)20(7)34(31(39)32(29)42)51-38(47)30-25(41)13-22(40)14-27(30)48-9/h11-14,30,40,42H,10H2,1-9H3,(H,43,44). The van der Waals surface area contributed by atoms with E-state index >= 15 is 0 Å². The SMILES string of the molecule is CCc1c(OC(=O)c2c(C)c(C)c(OC(=O)C3C(=O)C=C(O)C=C3OC)c(Br)c2O)ccc(C(=O)Oc2c(C)c(C)c(C(=O)O)c(C)c2C)c1C. The Balaban J connectivity index is 1.64. The van der Waals surface area contributed by atoms with Crippen molar-refractivity contribution in [3.63, 3.8) is 0 Å². The second kappa shape index (κ2) is 14.8. The molecule has 0 heterocycles. The molecule has 1 aliphatic carbocycles. The van der Waals surface area contributed by atoms with Gasteiger partial charge in [-0.05, 0) is 127 Å². The van der Waals surface area contributed by atoms with Crippen molar-refractivity contribution < 1.29 is 58.2 Å². The van der Waals surface area contributed by atoms with Crippen LogP contribution < -0.4 is 14.2 Å². The summed E-state index contributed by atoms with van der Waals surface area (Å²) < 4.78 is 22.1. The quantitative estimate of drug-likeness (QED) is 0.114. The molecule has 1 atom stereocenters. The van der Waals surface area contributed by atoms with Crippen LogP contribution in [0.5, 0.6) is 23.0 Å². The van der Waals surface area contributed by atoms with E-state index < -0.39 is 41.3 Å². The molecule has 51 heavy (non-hydrogen) atoms. The molecule has 4 rings (SSSR count). The molecule has 0 aliphatic heterocycles. The largest absolute Gasteiger partial charge is 0.508 e. The summed E-state index contributed by atoms with van der Waals surface area (Å²) >= 11 is 3.20. The van der Waals surface area contributed by atoms with Crippen LogP contribution in [0.15, 0.2) is 40.3 Å². The summed E-state index contributed by atoms with van der Waals surface area (Å²) in [5.74, 6) is -6.82. The molecule has 0 fully saturated rings. The lowest BCUT2D eigenvalue weighted by atomic mass is 9.93. The maximum Gasteiger partial charge on any atom is 0.347 e. The number of aliphatic hydroxyl groups excluding tert-OH is 1. The summed E-state index contributed by atoms with van der Waals surface area (Å²) in [5.41, 5.74) is 3.69. The molecule has 268 valence electrons. The second-order valence-electron chi connectivity index (χ2n) is 12.0. The van der Waals surface area contributed by atoms with Gasteiger partial charge < -0.3 is 34.3 Å². The first kappa shape index (κ1) is 38.4. The summed E-state index contributed by atoms with van der Waals surface area (Å²) in [6.07, 6.45) is 2.33. The lowest BCUT2D eigenvalue weighted by Crippen LogP contribution is -2.32. The maximum atomic E-state index is 13.6. The zero-order valence-electron chi connectivity index (χ0n) is 29.5. The Hall–Kier alpha value is -5.43. The zero-order valence-corrected chi connectivity index (χ0v) is 31.1. The summed E-state index contributed by atoms with van der Waals surface area (Å²) in [7, 11) is 1.23. The van der Waals surface area contributed by atoms with Gasteiger partial charge in [-0.3, -0.25) is 9.59 Å². The molecule has 0 saturated carbocycles. The molecule has 12 nitrogen and oxygen atoms in total. The Kier molecular flexibility index (Phi) is 11.1. The Morgan fingerprint density at radius 3 is 1.86 bits per heavy atom. The first-order valence-corrected chi connectivity index (χ1v) is 16.5. The topological polar surface area (TPSA) is 183 Å². The molecular formula is C38H37BrO12. The summed E-state index contributed by atoms with van der Waals surface area (Å²) in [6.45, 7) is 13.2. The Labute approximate surface area is 302 Å². The van der Waals surface area contributed by atoms with Crippen LogP contribution in [0.25, 0.3) is 0 Å². The van der Waals surface area contributed by atoms with E-state index in [2.05, 4.69) is 15.9 Å². The number of aliphatic hydroxyl groups is 1. The average Bonchev–Trinajstić information content (AvgIpc) is 3.06. The number of allylic oxidation sites excluding steroid dienone is 2. The molecule has 3 N–H and O–H groups in total. The van der Waals surface area contributed by atoms with E-state index in [1.165, 1.54) is 26.2 Å². The van der Waals surface area contributed by atoms with Gasteiger partial charge in [0.1, 0.15) is 38.8 Å². The van der Waals surface area contributed by atoms with Crippen LogP contribution in [-0.4, -0.2) is 52.1 Å². The number of phenols is 1. The highest BCUT2D eigenvalue weighted by molar-refractivity contribution is 9.10. The van der Waals surface area contributed by atoms with Crippen molar-refractivity contribution in [2.24, 2.45) is 5.92 Å². The molecule has 0 radical (unpaired) electrons. The number of esters is 3. The number of methoxy groups -OCH3 is 1. The van der Waals surface area contributed by atoms with Crippen molar-refractivity contribution in [2.45, 2.75) is 61.8 Å². The van der Waals surface area contributed by atoms with Crippen LogP contribution in [0.3, 0.4) is 0 Å².